The lowest BCUT2D eigenvalue weighted by molar-refractivity contribution is 0.150. The molecule has 0 amide bonds. The van der Waals surface area contributed by atoms with Crippen molar-refractivity contribution in [2.75, 3.05) is 0 Å². The third-order valence-electron chi connectivity index (χ3n) is 2.79. The molecule has 1 atom stereocenters. The number of H-pyrrole nitrogens is 1. The molecule has 4 nitrogen and oxygen atoms in total. The average Bonchev–Trinajstić information content (AvgIpc) is 2.54. The second-order valence-electron chi connectivity index (χ2n) is 4.12. The number of fused-ring (bicyclic) bond motifs is 1. The third kappa shape index (κ3) is 1.88. The molecule has 0 saturated heterocycles. The molecular formula is C12H16N2O2. The van der Waals surface area contributed by atoms with Crippen LogP contribution in [0, 0.1) is 6.92 Å². The lowest BCUT2D eigenvalue weighted by Gasteiger charge is -2.08. The largest absolute Gasteiger partial charge is 0.391 e. The summed E-state index contributed by atoms with van der Waals surface area (Å²) in [7, 11) is 0. The van der Waals surface area contributed by atoms with Gasteiger partial charge in [0.05, 0.1) is 23.7 Å². The zero-order valence-corrected chi connectivity index (χ0v) is 9.53. The lowest BCUT2D eigenvalue weighted by Crippen LogP contribution is -2.24. The molecule has 0 saturated carbocycles. The molecule has 1 unspecified atom stereocenters. The fourth-order valence-electron chi connectivity index (χ4n) is 1.80. The van der Waals surface area contributed by atoms with E-state index in [0.29, 0.717) is 13.0 Å². The molecule has 1 aromatic carbocycles. The molecule has 86 valence electrons. The van der Waals surface area contributed by atoms with Crippen molar-refractivity contribution in [3.63, 3.8) is 0 Å². The Bertz CT molecular complexity index is 554. The van der Waals surface area contributed by atoms with Crippen LogP contribution in [0.15, 0.2) is 23.0 Å². The SMILES string of the molecule is CCC(O)Cn1c(=O)[nH]c2cc(C)ccc21. The molecule has 0 radical (unpaired) electrons. The minimum Gasteiger partial charge on any atom is -0.391 e. The van der Waals surface area contributed by atoms with Crippen LogP contribution in [0.1, 0.15) is 18.9 Å². The summed E-state index contributed by atoms with van der Waals surface area (Å²) in [5.41, 5.74) is 2.63. The number of aromatic amines is 1. The van der Waals surface area contributed by atoms with Crippen LogP contribution in [0.25, 0.3) is 11.0 Å². The summed E-state index contributed by atoms with van der Waals surface area (Å²) in [6.45, 7) is 4.23. The van der Waals surface area contributed by atoms with Crippen LogP contribution >= 0.6 is 0 Å². The molecule has 2 aromatic rings. The molecule has 0 bridgehead atoms. The molecule has 2 rings (SSSR count). The van der Waals surface area contributed by atoms with Crippen LogP contribution in [0.2, 0.25) is 0 Å². The van der Waals surface area contributed by atoms with Crippen LogP contribution in [0.3, 0.4) is 0 Å². The summed E-state index contributed by atoms with van der Waals surface area (Å²) in [6, 6.07) is 5.81. The van der Waals surface area contributed by atoms with Crippen molar-refractivity contribution in [1.29, 1.82) is 0 Å². The number of aliphatic hydroxyl groups excluding tert-OH is 1. The van der Waals surface area contributed by atoms with Crippen molar-refractivity contribution in [2.45, 2.75) is 32.9 Å². The van der Waals surface area contributed by atoms with E-state index in [1.54, 1.807) is 4.57 Å². The standard InChI is InChI=1S/C12H16N2O2/c1-3-9(15)7-14-11-5-4-8(2)6-10(11)13-12(14)16/h4-6,9,15H,3,7H2,1-2H3,(H,13,16). The summed E-state index contributed by atoms with van der Waals surface area (Å²) < 4.78 is 1.59. The molecule has 2 N–H and O–H groups in total. The number of aromatic nitrogens is 2. The minimum absolute atomic E-state index is 0.159. The lowest BCUT2D eigenvalue weighted by atomic mass is 10.2. The van der Waals surface area contributed by atoms with Crippen molar-refractivity contribution < 1.29 is 5.11 Å². The zero-order valence-electron chi connectivity index (χ0n) is 9.53. The summed E-state index contributed by atoms with van der Waals surface area (Å²) >= 11 is 0. The second-order valence-corrected chi connectivity index (χ2v) is 4.12. The van der Waals surface area contributed by atoms with Gasteiger partial charge in [0, 0.05) is 0 Å². The van der Waals surface area contributed by atoms with Crippen molar-refractivity contribution in [2.24, 2.45) is 0 Å². The molecule has 4 heteroatoms. The van der Waals surface area contributed by atoms with E-state index in [-0.39, 0.29) is 5.69 Å². The van der Waals surface area contributed by atoms with Gasteiger partial charge in [0.1, 0.15) is 0 Å². The van der Waals surface area contributed by atoms with Gasteiger partial charge in [-0.1, -0.05) is 13.0 Å². The van der Waals surface area contributed by atoms with Crippen LogP contribution in [-0.4, -0.2) is 20.8 Å². The molecule has 16 heavy (non-hydrogen) atoms. The molecule has 0 aliphatic rings. The van der Waals surface area contributed by atoms with E-state index in [4.69, 9.17) is 0 Å². The Labute approximate surface area is 93.5 Å². The van der Waals surface area contributed by atoms with Gasteiger partial charge in [-0.05, 0) is 31.0 Å². The Balaban J connectivity index is 2.52. The van der Waals surface area contributed by atoms with Gasteiger partial charge in [0.2, 0.25) is 0 Å². The van der Waals surface area contributed by atoms with Crippen LogP contribution in [0.4, 0.5) is 0 Å². The number of nitrogens with zero attached hydrogens (tertiary/aromatic N) is 1. The van der Waals surface area contributed by atoms with Gasteiger partial charge in [-0.15, -0.1) is 0 Å². The topological polar surface area (TPSA) is 58.0 Å². The highest BCUT2D eigenvalue weighted by molar-refractivity contribution is 5.75. The number of aliphatic hydroxyl groups is 1. The third-order valence-corrected chi connectivity index (χ3v) is 2.79. The number of hydrogen-bond acceptors (Lipinski definition) is 2. The van der Waals surface area contributed by atoms with E-state index in [1.165, 1.54) is 0 Å². The van der Waals surface area contributed by atoms with Gasteiger partial charge in [-0.25, -0.2) is 4.79 Å². The van der Waals surface area contributed by atoms with Crippen LogP contribution in [0.5, 0.6) is 0 Å². The second kappa shape index (κ2) is 4.14. The maximum Gasteiger partial charge on any atom is 0.326 e. The Hall–Kier alpha value is -1.55. The van der Waals surface area contributed by atoms with Crippen LogP contribution in [-0.2, 0) is 6.54 Å². The Kier molecular flexibility index (Phi) is 2.83. The first-order valence-electron chi connectivity index (χ1n) is 5.49. The molecule has 1 heterocycles. The fraction of sp³-hybridized carbons (Fsp3) is 0.417. The fourth-order valence-corrected chi connectivity index (χ4v) is 1.80. The van der Waals surface area contributed by atoms with Crippen molar-refractivity contribution in [3.05, 3.63) is 34.2 Å². The Morgan fingerprint density at radius 1 is 1.50 bits per heavy atom. The normalized spacial score (nSPS) is 13.2. The number of imidazole rings is 1. The Morgan fingerprint density at radius 2 is 2.25 bits per heavy atom. The first kappa shape index (κ1) is 11.0. The number of aryl methyl sites for hydroxylation is 1. The molecular weight excluding hydrogens is 204 g/mol. The van der Waals surface area contributed by atoms with Gasteiger partial charge in [-0.2, -0.15) is 0 Å². The van der Waals surface area contributed by atoms with Crippen LogP contribution < -0.4 is 5.69 Å². The van der Waals surface area contributed by atoms with E-state index in [2.05, 4.69) is 4.98 Å². The first-order chi connectivity index (χ1) is 7.61. The summed E-state index contributed by atoms with van der Waals surface area (Å²) in [4.78, 5) is 14.5. The van der Waals surface area contributed by atoms with E-state index < -0.39 is 6.10 Å². The van der Waals surface area contributed by atoms with Crippen molar-refractivity contribution >= 4 is 11.0 Å². The molecule has 1 aromatic heterocycles. The van der Waals surface area contributed by atoms with E-state index in [1.807, 2.05) is 32.0 Å². The summed E-state index contributed by atoms with van der Waals surface area (Å²) in [5.74, 6) is 0. The molecule has 0 aliphatic carbocycles. The Morgan fingerprint density at radius 3 is 2.94 bits per heavy atom. The van der Waals surface area contributed by atoms with Crippen molar-refractivity contribution in [3.8, 4) is 0 Å². The molecule has 0 fully saturated rings. The van der Waals surface area contributed by atoms with Gasteiger partial charge in [-0.3, -0.25) is 4.57 Å². The minimum atomic E-state index is -0.474. The number of rotatable bonds is 3. The highest BCUT2D eigenvalue weighted by Gasteiger charge is 2.09. The number of benzene rings is 1. The summed E-state index contributed by atoms with van der Waals surface area (Å²) in [6.07, 6.45) is 0.170. The van der Waals surface area contributed by atoms with E-state index in [9.17, 15) is 9.90 Å². The summed E-state index contributed by atoms with van der Waals surface area (Å²) in [5, 5.41) is 9.59. The van der Waals surface area contributed by atoms with Gasteiger partial charge in [0.15, 0.2) is 0 Å². The molecule has 0 spiro atoms. The van der Waals surface area contributed by atoms with Gasteiger partial charge in [0.25, 0.3) is 0 Å². The molecule has 0 aliphatic heterocycles. The predicted octanol–water partition coefficient (Wildman–Crippen LogP) is 1.41. The smallest absolute Gasteiger partial charge is 0.326 e. The number of hydrogen-bond donors (Lipinski definition) is 2. The first-order valence-corrected chi connectivity index (χ1v) is 5.49. The van der Waals surface area contributed by atoms with E-state index >= 15 is 0 Å². The predicted molar refractivity (Wildman–Crippen MR) is 63.6 cm³/mol. The maximum atomic E-state index is 11.7. The average molecular weight is 220 g/mol. The van der Waals surface area contributed by atoms with E-state index in [0.717, 1.165) is 16.6 Å². The van der Waals surface area contributed by atoms with Crippen molar-refractivity contribution in [1.82, 2.24) is 9.55 Å². The van der Waals surface area contributed by atoms with Gasteiger partial charge < -0.3 is 10.1 Å². The highest BCUT2D eigenvalue weighted by Crippen LogP contribution is 2.12. The zero-order chi connectivity index (χ0) is 11.7. The number of nitrogens with one attached hydrogen (secondary N) is 1. The maximum absolute atomic E-state index is 11.7. The monoisotopic (exact) mass is 220 g/mol. The quantitative estimate of drug-likeness (QED) is 0.821. The highest BCUT2D eigenvalue weighted by atomic mass is 16.3. The van der Waals surface area contributed by atoms with Gasteiger partial charge >= 0.3 is 5.69 Å².